The zero-order valence-electron chi connectivity index (χ0n) is 14.3. The summed E-state index contributed by atoms with van der Waals surface area (Å²) in [5, 5.41) is 10.7. The lowest BCUT2D eigenvalue weighted by Crippen LogP contribution is -2.39. The number of rotatable bonds is 9. The van der Waals surface area contributed by atoms with Crippen LogP contribution >= 0.6 is 11.6 Å². The highest BCUT2D eigenvalue weighted by Gasteiger charge is 2.25. The van der Waals surface area contributed by atoms with Gasteiger partial charge in [0.05, 0.1) is 12.7 Å². The Balaban J connectivity index is 2.15. The van der Waals surface area contributed by atoms with Crippen molar-refractivity contribution in [2.75, 3.05) is 26.1 Å². The minimum absolute atomic E-state index is 0.0893. The number of amides is 1. The van der Waals surface area contributed by atoms with Crippen molar-refractivity contribution in [1.29, 1.82) is 0 Å². The van der Waals surface area contributed by atoms with Gasteiger partial charge in [-0.05, 0) is 11.1 Å². The average Bonchev–Trinajstić information content (AvgIpc) is 2.67. The Hall–Kier alpha value is -1.88. The van der Waals surface area contributed by atoms with Crippen molar-refractivity contribution < 1.29 is 14.6 Å². The summed E-state index contributed by atoms with van der Waals surface area (Å²) in [5.74, 6) is -0.497. The first kappa shape index (κ1) is 19.4. The molecule has 0 aliphatic heterocycles. The molecular formula is C20H24ClNO3. The molecule has 2 rings (SSSR count). The van der Waals surface area contributed by atoms with Crippen molar-refractivity contribution in [3.8, 4) is 0 Å². The Kier molecular flexibility index (Phi) is 7.92. The second kappa shape index (κ2) is 10.2. The molecule has 4 nitrogen and oxygen atoms in total. The van der Waals surface area contributed by atoms with Gasteiger partial charge in [0.1, 0.15) is 5.88 Å². The van der Waals surface area contributed by atoms with E-state index < -0.39 is 6.10 Å². The molecule has 2 aromatic carbocycles. The van der Waals surface area contributed by atoms with Crippen LogP contribution in [0.15, 0.2) is 60.7 Å². The lowest BCUT2D eigenvalue weighted by atomic mass is 9.95. The Bertz CT molecular complexity index is 636. The number of nitrogens with zero attached hydrogens (tertiary/aromatic N) is 1. The van der Waals surface area contributed by atoms with E-state index in [4.69, 9.17) is 16.3 Å². The lowest BCUT2D eigenvalue weighted by molar-refractivity contribution is -0.130. The molecule has 0 bridgehead atoms. The second-order valence-corrected chi connectivity index (χ2v) is 6.23. The molecule has 2 aromatic rings. The summed E-state index contributed by atoms with van der Waals surface area (Å²) in [4.78, 5) is 14.0. The first-order chi connectivity index (χ1) is 12.2. The van der Waals surface area contributed by atoms with Gasteiger partial charge in [-0.1, -0.05) is 60.7 Å². The van der Waals surface area contributed by atoms with Gasteiger partial charge in [0.15, 0.2) is 0 Å². The van der Waals surface area contributed by atoms with Crippen molar-refractivity contribution in [2.45, 2.75) is 12.6 Å². The molecule has 0 aliphatic rings. The highest BCUT2D eigenvalue weighted by Crippen LogP contribution is 2.24. The van der Waals surface area contributed by atoms with Crippen LogP contribution in [0.4, 0.5) is 0 Å². The molecular weight excluding hydrogens is 338 g/mol. The number of aliphatic hydroxyl groups is 1. The quantitative estimate of drug-likeness (QED) is 0.697. The Morgan fingerprint density at radius 3 is 2.28 bits per heavy atom. The molecule has 25 heavy (non-hydrogen) atoms. The van der Waals surface area contributed by atoms with Gasteiger partial charge in [0, 0.05) is 26.1 Å². The van der Waals surface area contributed by atoms with Gasteiger partial charge < -0.3 is 14.7 Å². The third-order valence-corrected chi connectivity index (χ3v) is 4.34. The van der Waals surface area contributed by atoms with Crippen molar-refractivity contribution >= 4 is 17.5 Å². The van der Waals surface area contributed by atoms with Gasteiger partial charge in [0.25, 0.3) is 0 Å². The fourth-order valence-electron chi connectivity index (χ4n) is 2.81. The minimum Gasteiger partial charge on any atom is -0.388 e. The van der Waals surface area contributed by atoms with Crippen LogP contribution in [0.3, 0.4) is 0 Å². The van der Waals surface area contributed by atoms with Gasteiger partial charge in [-0.3, -0.25) is 4.79 Å². The number of aliphatic hydroxyl groups excluding tert-OH is 1. The molecule has 0 fully saturated rings. The van der Waals surface area contributed by atoms with E-state index >= 15 is 0 Å². The van der Waals surface area contributed by atoms with Crippen molar-refractivity contribution in [1.82, 2.24) is 4.90 Å². The number of hydrogen-bond donors (Lipinski definition) is 1. The molecule has 1 amide bonds. The molecule has 0 spiro atoms. The summed E-state index contributed by atoms with van der Waals surface area (Å²) < 4.78 is 5.28. The maximum Gasteiger partial charge on any atom is 0.237 e. The van der Waals surface area contributed by atoms with E-state index in [1.165, 1.54) is 0 Å². The van der Waals surface area contributed by atoms with Crippen LogP contribution in [0.2, 0.25) is 0 Å². The molecule has 0 saturated carbocycles. The molecule has 0 aliphatic carbocycles. The fourth-order valence-corrected chi connectivity index (χ4v) is 2.98. The fraction of sp³-hybridized carbons (Fsp3) is 0.350. The Morgan fingerprint density at radius 2 is 1.72 bits per heavy atom. The minimum atomic E-state index is -0.720. The van der Waals surface area contributed by atoms with Gasteiger partial charge in [0.2, 0.25) is 5.91 Å². The first-order valence-corrected chi connectivity index (χ1v) is 8.78. The summed E-state index contributed by atoms with van der Waals surface area (Å²) in [5.41, 5.74) is 1.83. The van der Waals surface area contributed by atoms with Crippen LogP contribution in [0, 0.1) is 5.92 Å². The summed E-state index contributed by atoms with van der Waals surface area (Å²) in [7, 11) is 1.59. The standard InChI is InChI=1S/C20H24ClNO3/c1-25-15-18(20(24)17-10-6-3-7-11-17)14-22(19(23)12-21)13-16-8-4-2-5-9-16/h2-11,18,20,24H,12-15H2,1H3/t18-,20?/m1/s1. The highest BCUT2D eigenvalue weighted by atomic mass is 35.5. The highest BCUT2D eigenvalue weighted by molar-refractivity contribution is 6.27. The Morgan fingerprint density at radius 1 is 1.12 bits per heavy atom. The molecule has 1 N–H and O–H groups in total. The van der Waals surface area contributed by atoms with E-state index in [0.717, 1.165) is 11.1 Å². The van der Waals surface area contributed by atoms with E-state index in [0.29, 0.717) is 19.7 Å². The number of benzene rings is 2. The van der Waals surface area contributed by atoms with Gasteiger partial charge in [-0.15, -0.1) is 11.6 Å². The molecule has 0 radical (unpaired) electrons. The average molecular weight is 362 g/mol. The number of halogens is 1. The Labute approximate surface area is 154 Å². The van der Waals surface area contributed by atoms with E-state index in [1.807, 2.05) is 60.7 Å². The van der Waals surface area contributed by atoms with E-state index in [-0.39, 0.29) is 17.7 Å². The molecule has 0 heterocycles. The monoisotopic (exact) mass is 361 g/mol. The topological polar surface area (TPSA) is 49.8 Å². The maximum absolute atomic E-state index is 12.3. The van der Waals surface area contributed by atoms with E-state index in [1.54, 1.807) is 12.0 Å². The summed E-state index contributed by atoms with van der Waals surface area (Å²) in [6, 6.07) is 19.2. The van der Waals surface area contributed by atoms with Crippen molar-refractivity contribution in [2.24, 2.45) is 5.92 Å². The van der Waals surface area contributed by atoms with Crippen LogP contribution in [0.1, 0.15) is 17.2 Å². The summed E-state index contributed by atoms with van der Waals surface area (Å²) in [6.07, 6.45) is -0.720. The molecule has 0 saturated heterocycles. The second-order valence-electron chi connectivity index (χ2n) is 5.96. The van der Waals surface area contributed by atoms with E-state index in [2.05, 4.69) is 0 Å². The molecule has 134 valence electrons. The normalized spacial score (nSPS) is 13.2. The third-order valence-electron chi connectivity index (χ3n) is 4.11. The van der Waals surface area contributed by atoms with Crippen LogP contribution in [0.5, 0.6) is 0 Å². The first-order valence-electron chi connectivity index (χ1n) is 8.25. The maximum atomic E-state index is 12.3. The van der Waals surface area contributed by atoms with Gasteiger partial charge in [-0.2, -0.15) is 0 Å². The SMILES string of the molecule is COC[C@@H](CN(Cc1ccccc1)C(=O)CCl)C(O)c1ccccc1. The molecule has 1 unspecified atom stereocenters. The molecule has 5 heteroatoms. The molecule has 2 atom stereocenters. The van der Waals surface area contributed by atoms with Crippen LogP contribution < -0.4 is 0 Å². The van der Waals surface area contributed by atoms with Gasteiger partial charge >= 0.3 is 0 Å². The number of ether oxygens (including phenoxy) is 1. The summed E-state index contributed by atoms with van der Waals surface area (Å²) in [6.45, 7) is 1.16. The van der Waals surface area contributed by atoms with Crippen LogP contribution in [-0.4, -0.2) is 42.1 Å². The van der Waals surface area contributed by atoms with E-state index in [9.17, 15) is 9.90 Å². The number of carbonyl (C=O) groups excluding carboxylic acids is 1. The van der Waals surface area contributed by atoms with Crippen LogP contribution in [-0.2, 0) is 16.1 Å². The zero-order chi connectivity index (χ0) is 18.1. The predicted molar refractivity (Wildman–Crippen MR) is 99.3 cm³/mol. The largest absolute Gasteiger partial charge is 0.388 e. The predicted octanol–water partition coefficient (Wildman–Crippen LogP) is 3.25. The number of methoxy groups -OCH3 is 1. The number of hydrogen-bond acceptors (Lipinski definition) is 3. The molecule has 0 aromatic heterocycles. The zero-order valence-corrected chi connectivity index (χ0v) is 15.1. The smallest absolute Gasteiger partial charge is 0.237 e. The number of carbonyl (C=O) groups is 1. The third kappa shape index (κ3) is 5.85. The van der Waals surface area contributed by atoms with Crippen LogP contribution in [0.25, 0.3) is 0 Å². The van der Waals surface area contributed by atoms with Gasteiger partial charge in [-0.25, -0.2) is 0 Å². The summed E-state index contributed by atoms with van der Waals surface area (Å²) >= 11 is 5.79. The lowest BCUT2D eigenvalue weighted by Gasteiger charge is -2.30. The number of alkyl halides is 1. The van der Waals surface area contributed by atoms with Crippen molar-refractivity contribution in [3.05, 3.63) is 71.8 Å². The van der Waals surface area contributed by atoms with Crippen molar-refractivity contribution in [3.63, 3.8) is 0 Å².